The van der Waals surface area contributed by atoms with E-state index in [1.807, 2.05) is 20.8 Å². The topological polar surface area (TPSA) is 53.6 Å². The Labute approximate surface area is 141 Å². The number of hydrogen-bond acceptors (Lipinski definition) is 4. The van der Waals surface area contributed by atoms with Crippen molar-refractivity contribution in [3.63, 3.8) is 0 Å². The summed E-state index contributed by atoms with van der Waals surface area (Å²) in [5.41, 5.74) is -0.439. The van der Waals surface area contributed by atoms with Gasteiger partial charge in [-0.25, -0.2) is 4.79 Å². The molecule has 0 aromatic carbocycles. The van der Waals surface area contributed by atoms with Crippen LogP contribution in [0.25, 0.3) is 0 Å². The molecule has 2 rings (SSSR count). The molecule has 0 bridgehead atoms. The zero-order valence-electron chi connectivity index (χ0n) is 15.5. The average molecular weight is 325 g/mol. The van der Waals surface area contributed by atoms with Crippen LogP contribution in [-0.2, 0) is 4.74 Å². The van der Waals surface area contributed by atoms with E-state index in [1.54, 1.807) is 0 Å². The Bertz CT molecular complexity index is 388. The van der Waals surface area contributed by atoms with E-state index in [0.29, 0.717) is 24.4 Å². The van der Waals surface area contributed by atoms with Crippen LogP contribution >= 0.6 is 0 Å². The molecule has 134 valence electrons. The van der Waals surface area contributed by atoms with Crippen LogP contribution in [-0.4, -0.2) is 54.9 Å². The lowest BCUT2D eigenvalue weighted by Gasteiger charge is -2.25. The highest BCUT2D eigenvalue weighted by Gasteiger charge is 2.34. The average Bonchev–Trinajstić information content (AvgIpc) is 3.16. The zero-order valence-corrected chi connectivity index (χ0v) is 15.5. The van der Waals surface area contributed by atoms with Crippen LogP contribution in [0.1, 0.15) is 53.9 Å². The molecule has 2 atom stereocenters. The zero-order chi connectivity index (χ0) is 17.0. The number of rotatable bonds is 7. The van der Waals surface area contributed by atoms with Crippen molar-refractivity contribution in [3.05, 3.63) is 0 Å². The van der Waals surface area contributed by atoms with Gasteiger partial charge < -0.3 is 15.4 Å². The molecule has 0 aromatic heterocycles. The second-order valence-corrected chi connectivity index (χ2v) is 8.51. The van der Waals surface area contributed by atoms with Gasteiger partial charge in [-0.15, -0.1) is 0 Å². The van der Waals surface area contributed by atoms with Gasteiger partial charge in [0.15, 0.2) is 0 Å². The Morgan fingerprint density at radius 3 is 2.48 bits per heavy atom. The van der Waals surface area contributed by atoms with Crippen LogP contribution in [0.4, 0.5) is 4.79 Å². The quantitative estimate of drug-likeness (QED) is 0.755. The van der Waals surface area contributed by atoms with Crippen LogP contribution in [0.2, 0.25) is 0 Å². The van der Waals surface area contributed by atoms with Crippen LogP contribution < -0.4 is 10.6 Å². The Kier molecular flexibility index (Phi) is 6.32. The Hall–Kier alpha value is -0.810. The molecule has 2 N–H and O–H groups in total. The fourth-order valence-electron chi connectivity index (χ4n) is 3.12. The number of nitrogens with one attached hydrogen (secondary N) is 2. The molecule has 1 saturated carbocycles. The molecule has 0 aromatic rings. The maximum Gasteiger partial charge on any atom is 0.407 e. The maximum absolute atomic E-state index is 11.8. The number of ether oxygens (including phenoxy) is 1. The first kappa shape index (κ1) is 18.5. The van der Waals surface area contributed by atoms with Crippen molar-refractivity contribution in [2.45, 2.75) is 71.6 Å². The minimum atomic E-state index is -0.439. The Balaban J connectivity index is 1.68. The Morgan fingerprint density at radius 2 is 1.91 bits per heavy atom. The number of amides is 1. The van der Waals surface area contributed by atoms with Crippen LogP contribution in [0.5, 0.6) is 0 Å². The molecule has 2 aliphatic rings. The molecule has 1 saturated heterocycles. The van der Waals surface area contributed by atoms with E-state index < -0.39 is 5.60 Å². The van der Waals surface area contributed by atoms with Crippen molar-refractivity contribution in [1.82, 2.24) is 15.5 Å². The summed E-state index contributed by atoms with van der Waals surface area (Å²) in [5.74, 6) is 0.955. The van der Waals surface area contributed by atoms with Gasteiger partial charge in [-0.1, -0.05) is 13.8 Å². The van der Waals surface area contributed by atoms with E-state index in [4.69, 9.17) is 4.74 Å². The van der Waals surface area contributed by atoms with E-state index in [1.165, 1.54) is 32.4 Å². The second-order valence-electron chi connectivity index (χ2n) is 8.51. The minimum absolute atomic E-state index is 0.316. The third-order valence-electron chi connectivity index (χ3n) is 4.80. The molecule has 1 aliphatic heterocycles. The van der Waals surface area contributed by atoms with Crippen LogP contribution in [0.15, 0.2) is 0 Å². The molecule has 0 radical (unpaired) electrons. The highest BCUT2D eigenvalue weighted by Crippen LogP contribution is 2.29. The normalized spacial score (nSPS) is 24.0. The predicted octanol–water partition coefficient (Wildman–Crippen LogP) is 2.61. The van der Waals surface area contributed by atoms with Gasteiger partial charge in [-0.3, -0.25) is 4.90 Å². The standard InChI is InChI=1S/C18H35N3O2/c1-13(2)14(11-20-17(22)23-18(3,4)5)10-19-15-8-9-21(12-15)16-6-7-16/h13-16,19H,6-12H2,1-5H3,(H,20,22). The monoisotopic (exact) mass is 325 g/mol. The lowest BCUT2D eigenvalue weighted by Crippen LogP contribution is -2.42. The van der Waals surface area contributed by atoms with Crippen molar-refractivity contribution in [2.75, 3.05) is 26.2 Å². The molecule has 5 heteroatoms. The smallest absolute Gasteiger partial charge is 0.407 e. The first-order chi connectivity index (χ1) is 10.7. The summed E-state index contributed by atoms with van der Waals surface area (Å²) >= 11 is 0. The van der Waals surface area contributed by atoms with Gasteiger partial charge in [0, 0.05) is 38.3 Å². The molecule has 23 heavy (non-hydrogen) atoms. The van der Waals surface area contributed by atoms with E-state index in [-0.39, 0.29) is 6.09 Å². The van der Waals surface area contributed by atoms with Crippen molar-refractivity contribution in [1.29, 1.82) is 0 Å². The summed E-state index contributed by atoms with van der Waals surface area (Å²) in [6.45, 7) is 14.1. The molecular formula is C18H35N3O2. The molecule has 0 spiro atoms. The lowest BCUT2D eigenvalue weighted by atomic mass is 9.95. The highest BCUT2D eigenvalue weighted by atomic mass is 16.6. The molecule has 1 amide bonds. The van der Waals surface area contributed by atoms with Gasteiger partial charge in [-0.2, -0.15) is 0 Å². The SMILES string of the molecule is CC(C)C(CNC(=O)OC(C)(C)C)CNC1CCN(C2CC2)C1. The number of carbonyl (C=O) groups is 1. The molecule has 1 heterocycles. The highest BCUT2D eigenvalue weighted by molar-refractivity contribution is 5.67. The number of alkyl carbamates (subject to hydrolysis) is 1. The summed E-state index contributed by atoms with van der Waals surface area (Å²) in [4.78, 5) is 14.4. The first-order valence-corrected chi connectivity index (χ1v) is 9.19. The molecule has 2 unspecified atom stereocenters. The third-order valence-corrected chi connectivity index (χ3v) is 4.80. The van der Waals surface area contributed by atoms with Gasteiger partial charge in [0.05, 0.1) is 0 Å². The predicted molar refractivity (Wildman–Crippen MR) is 93.6 cm³/mol. The van der Waals surface area contributed by atoms with Crippen molar-refractivity contribution < 1.29 is 9.53 Å². The van der Waals surface area contributed by atoms with Crippen molar-refractivity contribution in [2.24, 2.45) is 11.8 Å². The first-order valence-electron chi connectivity index (χ1n) is 9.19. The summed E-state index contributed by atoms with van der Waals surface area (Å²) in [7, 11) is 0. The minimum Gasteiger partial charge on any atom is -0.444 e. The van der Waals surface area contributed by atoms with Gasteiger partial charge in [0.25, 0.3) is 0 Å². The van der Waals surface area contributed by atoms with E-state index in [0.717, 1.165) is 12.6 Å². The van der Waals surface area contributed by atoms with Crippen molar-refractivity contribution in [3.8, 4) is 0 Å². The molecule has 1 aliphatic carbocycles. The lowest BCUT2D eigenvalue weighted by molar-refractivity contribution is 0.0514. The fraction of sp³-hybridized carbons (Fsp3) is 0.944. The van der Waals surface area contributed by atoms with E-state index >= 15 is 0 Å². The van der Waals surface area contributed by atoms with Crippen LogP contribution in [0, 0.1) is 11.8 Å². The van der Waals surface area contributed by atoms with Gasteiger partial charge >= 0.3 is 6.09 Å². The van der Waals surface area contributed by atoms with Gasteiger partial charge in [0.2, 0.25) is 0 Å². The molecule has 5 nitrogen and oxygen atoms in total. The number of hydrogen-bond donors (Lipinski definition) is 2. The number of nitrogens with zero attached hydrogens (tertiary/aromatic N) is 1. The molecule has 2 fully saturated rings. The molecular weight excluding hydrogens is 290 g/mol. The summed E-state index contributed by atoms with van der Waals surface area (Å²) in [6.07, 6.45) is 3.72. The second kappa shape index (κ2) is 7.84. The van der Waals surface area contributed by atoms with Crippen molar-refractivity contribution >= 4 is 6.09 Å². The third kappa shape index (κ3) is 6.68. The van der Waals surface area contributed by atoms with Gasteiger partial charge in [0.1, 0.15) is 5.60 Å². The maximum atomic E-state index is 11.8. The number of carbonyl (C=O) groups excluding carboxylic acids is 1. The van der Waals surface area contributed by atoms with Crippen LogP contribution in [0.3, 0.4) is 0 Å². The fourth-order valence-corrected chi connectivity index (χ4v) is 3.12. The summed E-state index contributed by atoms with van der Waals surface area (Å²) in [6, 6.07) is 1.48. The van der Waals surface area contributed by atoms with E-state index in [2.05, 4.69) is 29.4 Å². The number of likely N-dealkylation sites (tertiary alicyclic amines) is 1. The Morgan fingerprint density at radius 1 is 1.22 bits per heavy atom. The summed E-state index contributed by atoms with van der Waals surface area (Å²) in [5, 5.41) is 6.64. The van der Waals surface area contributed by atoms with E-state index in [9.17, 15) is 4.79 Å². The largest absolute Gasteiger partial charge is 0.444 e. The van der Waals surface area contributed by atoms with Gasteiger partial charge in [-0.05, 0) is 51.9 Å². The summed E-state index contributed by atoms with van der Waals surface area (Å²) < 4.78 is 5.32.